The van der Waals surface area contributed by atoms with Gasteiger partial charge in [0.1, 0.15) is 0 Å². The van der Waals surface area contributed by atoms with Gasteiger partial charge in [-0.1, -0.05) is 44.6 Å². The number of nitrogens with one attached hydrogen (secondary N) is 1. The second-order valence-corrected chi connectivity index (χ2v) is 10.8. The molecule has 1 aromatic rings. The average molecular weight is 503 g/mol. The fraction of sp³-hybridized carbons (Fsp3) is 0.714. The quantitative estimate of drug-likeness (QED) is 0.571. The number of hydrogen-bond donors (Lipinski definition) is 1. The summed E-state index contributed by atoms with van der Waals surface area (Å²) in [5.74, 6) is 0.376. The number of rotatable bonds is 6. The third-order valence-electron chi connectivity index (χ3n) is 8.64. The van der Waals surface area contributed by atoms with Crippen molar-refractivity contribution in [2.75, 3.05) is 56.0 Å². The Kier molecular flexibility index (Phi) is 9.34. The van der Waals surface area contributed by atoms with E-state index in [-0.39, 0.29) is 36.1 Å². The predicted molar refractivity (Wildman–Crippen MR) is 144 cm³/mol. The zero-order valence-corrected chi connectivity index (χ0v) is 22.0. The lowest BCUT2D eigenvalue weighted by Crippen LogP contribution is -2.51. The molecule has 1 saturated heterocycles. The van der Waals surface area contributed by atoms with Crippen LogP contribution < -0.4 is 10.2 Å². The van der Waals surface area contributed by atoms with E-state index < -0.39 is 0 Å². The van der Waals surface area contributed by atoms with Gasteiger partial charge in [-0.05, 0) is 44.2 Å². The van der Waals surface area contributed by atoms with E-state index in [4.69, 9.17) is 0 Å². The van der Waals surface area contributed by atoms with Crippen molar-refractivity contribution >= 4 is 35.6 Å². The van der Waals surface area contributed by atoms with Crippen LogP contribution in [0.3, 0.4) is 0 Å². The summed E-state index contributed by atoms with van der Waals surface area (Å²) in [6.45, 7) is 6.38. The molecule has 0 spiro atoms. The van der Waals surface area contributed by atoms with Crippen LogP contribution in [0.2, 0.25) is 0 Å². The fourth-order valence-electron chi connectivity index (χ4n) is 6.54. The lowest BCUT2D eigenvalue weighted by atomic mass is 9.86. The van der Waals surface area contributed by atoms with Crippen LogP contribution >= 0.6 is 12.4 Å². The normalized spacial score (nSPS) is 21.7. The van der Waals surface area contributed by atoms with Gasteiger partial charge in [0.2, 0.25) is 11.8 Å². The van der Waals surface area contributed by atoms with Gasteiger partial charge in [0.25, 0.3) is 0 Å². The number of halogens is 1. The zero-order valence-electron chi connectivity index (χ0n) is 21.2. The minimum atomic E-state index is 0. The van der Waals surface area contributed by atoms with Crippen molar-refractivity contribution in [1.82, 2.24) is 9.80 Å². The highest BCUT2D eigenvalue weighted by atomic mass is 35.5. The van der Waals surface area contributed by atoms with Crippen LogP contribution in [0, 0.1) is 11.8 Å². The smallest absolute Gasteiger partial charge is 0.232 e. The first-order valence-electron chi connectivity index (χ1n) is 13.9. The zero-order chi connectivity index (χ0) is 23.3. The second kappa shape index (κ2) is 12.4. The number of piperazine rings is 1. The van der Waals surface area contributed by atoms with Crippen molar-refractivity contribution in [3.8, 4) is 0 Å². The van der Waals surface area contributed by atoms with Crippen molar-refractivity contribution in [1.29, 1.82) is 0 Å². The summed E-state index contributed by atoms with van der Waals surface area (Å²) >= 11 is 0. The van der Waals surface area contributed by atoms with E-state index in [1.54, 1.807) is 4.90 Å². The third kappa shape index (κ3) is 6.14. The topological polar surface area (TPSA) is 55.9 Å². The summed E-state index contributed by atoms with van der Waals surface area (Å²) in [4.78, 5) is 33.6. The third-order valence-corrected chi connectivity index (χ3v) is 8.64. The van der Waals surface area contributed by atoms with Crippen molar-refractivity contribution in [3.05, 3.63) is 23.8 Å². The second-order valence-electron chi connectivity index (χ2n) is 10.8. The first kappa shape index (κ1) is 26.3. The summed E-state index contributed by atoms with van der Waals surface area (Å²) in [7, 11) is 0. The van der Waals surface area contributed by atoms with Crippen LogP contribution in [0.15, 0.2) is 18.2 Å². The van der Waals surface area contributed by atoms with Crippen molar-refractivity contribution in [2.45, 2.75) is 70.6 Å². The minimum Gasteiger partial charge on any atom is -0.384 e. The van der Waals surface area contributed by atoms with Gasteiger partial charge in [-0.3, -0.25) is 19.4 Å². The van der Waals surface area contributed by atoms with Crippen LogP contribution in [0.5, 0.6) is 0 Å². The number of benzene rings is 1. The molecule has 3 fully saturated rings. The Morgan fingerprint density at radius 1 is 0.857 bits per heavy atom. The van der Waals surface area contributed by atoms with E-state index in [0.29, 0.717) is 6.54 Å². The molecule has 1 aromatic carbocycles. The Morgan fingerprint density at radius 2 is 1.46 bits per heavy atom. The molecule has 0 atom stereocenters. The Bertz CT molecular complexity index is 829. The highest BCUT2D eigenvalue weighted by Gasteiger charge is 2.34. The molecule has 0 bridgehead atoms. The maximum atomic E-state index is 13.5. The lowest BCUT2D eigenvalue weighted by molar-refractivity contribution is -0.151. The Balaban J connectivity index is 0.00000289. The van der Waals surface area contributed by atoms with Crippen LogP contribution in [0.1, 0.15) is 69.8 Å². The molecular formula is C28H43ClN4O2. The van der Waals surface area contributed by atoms with Gasteiger partial charge in [0.05, 0.1) is 0 Å². The molecule has 2 saturated carbocycles. The number of carbonyl (C=O) groups excluding carboxylic acids is 2. The summed E-state index contributed by atoms with van der Waals surface area (Å²) in [6, 6.07) is 6.60. The summed E-state index contributed by atoms with van der Waals surface area (Å²) in [6.07, 6.45) is 11.9. The summed E-state index contributed by atoms with van der Waals surface area (Å²) < 4.78 is 0. The molecule has 194 valence electrons. The number of anilines is 2. The van der Waals surface area contributed by atoms with Crippen LogP contribution in [-0.2, 0) is 16.0 Å². The summed E-state index contributed by atoms with van der Waals surface area (Å²) in [5, 5.41) is 3.49. The first-order chi connectivity index (χ1) is 16.7. The SMILES string of the molecule is Cl.O=C(C1CCCCC1)N(CCN1CCN(c2cccc3c2CCN3)CC1)C(=O)C1CCCCC1. The molecular weight excluding hydrogens is 460 g/mol. The highest BCUT2D eigenvalue weighted by Crippen LogP contribution is 2.33. The van der Waals surface area contributed by atoms with Gasteiger partial charge in [0, 0.05) is 74.6 Å². The van der Waals surface area contributed by atoms with Gasteiger partial charge < -0.3 is 10.2 Å². The average Bonchev–Trinajstić information content (AvgIpc) is 3.39. The van der Waals surface area contributed by atoms with Gasteiger partial charge in [-0.15, -0.1) is 12.4 Å². The lowest BCUT2D eigenvalue weighted by Gasteiger charge is -2.38. The van der Waals surface area contributed by atoms with E-state index in [9.17, 15) is 9.59 Å². The highest BCUT2D eigenvalue weighted by molar-refractivity contribution is 5.97. The number of fused-ring (bicyclic) bond motifs is 1. The van der Waals surface area contributed by atoms with Gasteiger partial charge in [-0.25, -0.2) is 0 Å². The molecule has 0 aromatic heterocycles. The molecule has 5 rings (SSSR count). The van der Waals surface area contributed by atoms with Crippen LogP contribution in [-0.4, -0.2) is 67.4 Å². The summed E-state index contributed by atoms with van der Waals surface area (Å²) in [5.41, 5.74) is 4.13. The van der Waals surface area contributed by atoms with E-state index in [0.717, 1.165) is 97.1 Å². The fourth-order valence-corrected chi connectivity index (χ4v) is 6.54. The van der Waals surface area contributed by atoms with Crippen molar-refractivity contribution in [2.24, 2.45) is 11.8 Å². The molecule has 2 aliphatic heterocycles. The van der Waals surface area contributed by atoms with Crippen LogP contribution in [0.25, 0.3) is 0 Å². The number of carbonyl (C=O) groups is 2. The Morgan fingerprint density at radius 3 is 2.06 bits per heavy atom. The standard InChI is InChI=1S/C28H42N4O2.ClH/c33-27(22-8-3-1-4-9-22)32(28(34)23-10-5-2-6-11-23)21-18-30-16-19-31(20-17-30)26-13-7-12-25-24(26)14-15-29-25;/h7,12-13,22-23,29H,1-6,8-11,14-21H2;1H. The molecule has 0 unspecified atom stereocenters. The monoisotopic (exact) mass is 502 g/mol. The number of imide groups is 1. The van der Waals surface area contributed by atoms with E-state index in [1.807, 2.05) is 0 Å². The first-order valence-corrected chi connectivity index (χ1v) is 13.9. The molecule has 1 N–H and O–H groups in total. The minimum absolute atomic E-state index is 0. The molecule has 2 aliphatic carbocycles. The predicted octanol–water partition coefficient (Wildman–Crippen LogP) is 4.71. The largest absolute Gasteiger partial charge is 0.384 e. The van der Waals surface area contributed by atoms with Crippen LogP contribution in [0.4, 0.5) is 11.4 Å². The van der Waals surface area contributed by atoms with Gasteiger partial charge >= 0.3 is 0 Å². The van der Waals surface area contributed by atoms with Crippen molar-refractivity contribution < 1.29 is 9.59 Å². The maximum Gasteiger partial charge on any atom is 0.232 e. The van der Waals surface area contributed by atoms with Gasteiger partial charge in [-0.2, -0.15) is 0 Å². The molecule has 2 amide bonds. The van der Waals surface area contributed by atoms with E-state index in [1.165, 1.54) is 29.8 Å². The molecule has 6 nitrogen and oxygen atoms in total. The van der Waals surface area contributed by atoms with Gasteiger partial charge in [0.15, 0.2) is 0 Å². The molecule has 0 radical (unpaired) electrons. The Hall–Kier alpha value is -1.79. The Labute approximate surface area is 217 Å². The molecule has 4 aliphatic rings. The number of amides is 2. The van der Waals surface area contributed by atoms with Crippen molar-refractivity contribution in [3.63, 3.8) is 0 Å². The van der Waals surface area contributed by atoms with E-state index >= 15 is 0 Å². The van der Waals surface area contributed by atoms with E-state index in [2.05, 4.69) is 33.3 Å². The number of nitrogens with zero attached hydrogens (tertiary/aromatic N) is 3. The molecule has 35 heavy (non-hydrogen) atoms. The maximum absolute atomic E-state index is 13.5. The number of hydrogen-bond acceptors (Lipinski definition) is 5. The molecule has 2 heterocycles. The molecule has 7 heteroatoms.